The van der Waals surface area contributed by atoms with E-state index < -0.39 is 11.4 Å². The second-order valence-electron chi connectivity index (χ2n) is 4.44. The van der Waals surface area contributed by atoms with Crippen LogP contribution in [0, 0.1) is 5.41 Å². The fourth-order valence-electron chi connectivity index (χ4n) is 1.97. The Labute approximate surface area is 118 Å². The van der Waals surface area contributed by atoms with Crippen molar-refractivity contribution in [2.24, 2.45) is 5.41 Å². The number of hydrogen-bond donors (Lipinski definition) is 1. The monoisotopic (exact) mass is 342 g/mol. The van der Waals surface area contributed by atoms with Gasteiger partial charge in [-0.15, -0.1) is 0 Å². The summed E-state index contributed by atoms with van der Waals surface area (Å²) >= 11 is 0. The Bertz CT molecular complexity index is 435. The Morgan fingerprint density at radius 3 is 2.89 bits per heavy atom. The van der Waals surface area contributed by atoms with Gasteiger partial charge in [0.05, 0.1) is 0 Å². The van der Waals surface area contributed by atoms with Crippen LogP contribution in [0.1, 0.15) is 19.0 Å². The van der Waals surface area contributed by atoms with Gasteiger partial charge in [0.15, 0.2) is 0 Å². The molecule has 1 unspecified atom stereocenters. The van der Waals surface area contributed by atoms with Gasteiger partial charge in [0.1, 0.15) is 5.41 Å². The largest absolute Gasteiger partial charge is 0.480 e. The average Bonchev–Trinajstić information content (AvgIpc) is 2.88. The first-order chi connectivity index (χ1) is 8.04. The van der Waals surface area contributed by atoms with Crippen molar-refractivity contribution < 1.29 is 35.1 Å². The molecule has 1 aliphatic heterocycles. The summed E-state index contributed by atoms with van der Waals surface area (Å²) in [5, 5.41) is 9.04. The maximum absolute atomic E-state index is 11.9. The molecule has 0 saturated carbocycles. The van der Waals surface area contributed by atoms with E-state index in [4.69, 9.17) is 5.11 Å². The molecule has 1 aromatic rings. The van der Waals surface area contributed by atoms with Gasteiger partial charge in [-0.25, -0.2) is 0 Å². The molecule has 2 rings (SSSR count). The van der Waals surface area contributed by atoms with Crippen molar-refractivity contribution in [3.8, 4) is 0 Å². The predicted molar refractivity (Wildman–Crippen MR) is 58.2 cm³/mol. The molecule has 2 heterocycles. The zero-order valence-corrected chi connectivity index (χ0v) is 11.5. The van der Waals surface area contributed by atoms with Crippen LogP contribution in [0.3, 0.4) is 0 Å². The number of aromatic nitrogens is 2. The molecule has 1 aliphatic rings. The molecule has 18 heavy (non-hydrogen) atoms. The summed E-state index contributed by atoms with van der Waals surface area (Å²) in [5.41, 5.74) is -0.431. The topological polar surface area (TPSA) is 84.6 Å². The van der Waals surface area contributed by atoms with E-state index in [0.717, 1.165) is 5.69 Å². The van der Waals surface area contributed by atoms with Gasteiger partial charge in [-0.2, -0.15) is 0 Å². The van der Waals surface area contributed by atoms with Gasteiger partial charge >= 0.3 is 5.97 Å². The van der Waals surface area contributed by atoms with Gasteiger partial charge < -0.3 is 20.0 Å². The van der Waals surface area contributed by atoms with Gasteiger partial charge in [0.25, 0.3) is 0 Å². The predicted octanol–water partition coefficient (Wildman–Crippen LogP) is -0.0980. The standard InChI is InChI=1S/C11H15N3O3.Pd/c1-11(10(16)17)3-5-14(9(11)15)4-2-8-6-12-7-13-8;/h6-7H,2-5H2,1H3,(H2,12,13,16,17);/p-1. The van der Waals surface area contributed by atoms with Crippen LogP contribution in [-0.4, -0.2) is 40.0 Å². The number of carboxylic acid groups (broad SMARTS) is 1. The van der Waals surface area contributed by atoms with E-state index in [2.05, 4.69) is 9.97 Å². The molecule has 1 fully saturated rings. The Morgan fingerprint density at radius 2 is 2.39 bits per heavy atom. The summed E-state index contributed by atoms with van der Waals surface area (Å²) < 4.78 is 0. The van der Waals surface area contributed by atoms with Crippen molar-refractivity contribution in [3.05, 3.63) is 18.2 Å². The molecule has 7 heteroatoms. The summed E-state index contributed by atoms with van der Waals surface area (Å²) in [5.74, 6) is -1.34. The van der Waals surface area contributed by atoms with E-state index in [-0.39, 0.29) is 26.3 Å². The quantitative estimate of drug-likeness (QED) is 0.610. The Morgan fingerprint density at radius 1 is 1.67 bits per heavy atom. The summed E-state index contributed by atoms with van der Waals surface area (Å²) in [4.78, 5) is 32.4. The number of nitrogens with zero attached hydrogens (tertiary/aromatic N) is 3. The SMILES string of the molecule is CC1(C(=O)O)CCN(CCc2cnc[n-]2)C1=O.[Pd]. The maximum Gasteiger partial charge on any atom is 0.318 e. The first kappa shape index (κ1) is 14.9. The van der Waals surface area contributed by atoms with Crippen molar-refractivity contribution in [3.63, 3.8) is 0 Å². The molecule has 1 amide bonds. The number of imidazole rings is 1. The molecule has 6 nitrogen and oxygen atoms in total. The number of aliphatic carboxylic acids is 1. The minimum Gasteiger partial charge on any atom is -0.480 e. The second-order valence-corrected chi connectivity index (χ2v) is 4.44. The number of carbonyl (C=O) groups is 2. The number of carbonyl (C=O) groups excluding carboxylic acids is 1. The van der Waals surface area contributed by atoms with Crippen molar-refractivity contribution in [2.75, 3.05) is 13.1 Å². The number of rotatable bonds is 4. The molecule has 1 N–H and O–H groups in total. The first-order valence-corrected chi connectivity index (χ1v) is 5.48. The summed E-state index contributed by atoms with van der Waals surface area (Å²) in [6.07, 6.45) is 4.09. The smallest absolute Gasteiger partial charge is 0.318 e. The minimum absolute atomic E-state index is 0. The van der Waals surface area contributed by atoms with Crippen LogP contribution in [0.4, 0.5) is 0 Å². The third-order valence-corrected chi connectivity index (χ3v) is 3.26. The molecule has 0 spiro atoms. The summed E-state index contributed by atoms with van der Waals surface area (Å²) in [7, 11) is 0. The fourth-order valence-corrected chi connectivity index (χ4v) is 1.97. The van der Waals surface area contributed by atoms with Crippen molar-refractivity contribution in [1.29, 1.82) is 0 Å². The van der Waals surface area contributed by atoms with Gasteiger partial charge in [0.2, 0.25) is 5.91 Å². The first-order valence-electron chi connectivity index (χ1n) is 5.48. The zero-order chi connectivity index (χ0) is 12.5. The van der Waals surface area contributed by atoms with E-state index in [1.165, 1.54) is 13.3 Å². The van der Waals surface area contributed by atoms with Crippen LogP contribution < -0.4 is 4.98 Å². The molecular weight excluding hydrogens is 329 g/mol. The summed E-state index contributed by atoms with van der Waals surface area (Å²) in [6.45, 7) is 2.48. The van der Waals surface area contributed by atoms with Gasteiger partial charge in [-0.1, -0.05) is 18.2 Å². The Balaban J connectivity index is 0.00000162. The van der Waals surface area contributed by atoms with Gasteiger partial charge in [0, 0.05) is 33.5 Å². The molecular formula is C11H14N3O3Pd-. The van der Waals surface area contributed by atoms with Crippen molar-refractivity contribution in [1.82, 2.24) is 14.9 Å². The fraction of sp³-hybridized carbons (Fsp3) is 0.545. The molecule has 1 atom stereocenters. The number of hydrogen-bond acceptors (Lipinski definition) is 3. The van der Waals surface area contributed by atoms with E-state index in [9.17, 15) is 9.59 Å². The zero-order valence-electron chi connectivity index (χ0n) is 9.90. The normalized spacial score (nSPS) is 22.9. The third kappa shape index (κ3) is 2.62. The van der Waals surface area contributed by atoms with Crippen LogP contribution in [0.5, 0.6) is 0 Å². The molecule has 0 aromatic carbocycles. The van der Waals surface area contributed by atoms with Crippen LogP contribution in [-0.2, 0) is 36.4 Å². The second kappa shape index (κ2) is 5.64. The van der Waals surface area contributed by atoms with Crippen LogP contribution in [0.15, 0.2) is 12.5 Å². The number of amides is 1. The van der Waals surface area contributed by atoms with Crippen LogP contribution >= 0.6 is 0 Å². The van der Waals surface area contributed by atoms with Crippen molar-refractivity contribution >= 4 is 11.9 Å². The van der Waals surface area contributed by atoms with E-state index in [1.54, 1.807) is 11.1 Å². The average molecular weight is 343 g/mol. The number of carboxylic acids is 1. The Hall–Kier alpha value is -1.19. The Kier molecular flexibility index (Phi) is 4.66. The molecule has 0 bridgehead atoms. The van der Waals surface area contributed by atoms with Gasteiger partial charge in [-0.3, -0.25) is 9.59 Å². The van der Waals surface area contributed by atoms with Crippen molar-refractivity contribution in [2.45, 2.75) is 19.8 Å². The van der Waals surface area contributed by atoms with Crippen LogP contribution in [0.2, 0.25) is 0 Å². The van der Waals surface area contributed by atoms with E-state index in [1.807, 2.05) is 0 Å². The number of likely N-dealkylation sites (tertiary alicyclic amines) is 1. The molecule has 1 saturated heterocycles. The van der Waals surface area contributed by atoms with Crippen LogP contribution in [0.25, 0.3) is 0 Å². The molecule has 102 valence electrons. The molecule has 0 aliphatic carbocycles. The molecule has 1 aromatic heterocycles. The molecule has 0 radical (unpaired) electrons. The third-order valence-electron chi connectivity index (χ3n) is 3.26. The van der Waals surface area contributed by atoms with Gasteiger partial charge in [-0.05, 0) is 19.8 Å². The van der Waals surface area contributed by atoms with E-state index in [0.29, 0.717) is 25.9 Å². The minimum atomic E-state index is -1.25. The summed E-state index contributed by atoms with van der Waals surface area (Å²) in [6, 6.07) is 0. The van der Waals surface area contributed by atoms with E-state index >= 15 is 0 Å². The maximum atomic E-state index is 11.9.